The van der Waals surface area contributed by atoms with Crippen LogP contribution >= 0.6 is 0 Å². The lowest BCUT2D eigenvalue weighted by atomic mass is 10.1. The molecule has 1 amide bonds. The maximum absolute atomic E-state index is 10.8. The molecule has 2 rings (SSSR count). The number of hydrogen-bond acceptors (Lipinski definition) is 4. The summed E-state index contributed by atoms with van der Waals surface area (Å²) in [5.41, 5.74) is 9.03. The average Bonchev–Trinajstić information content (AvgIpc) is 2.17. The summed E-state index contributed by atoms with van der Waals surface area (Å²) >= 11 is 0. The van der Waals surface area contributed by atoms with Crippen LogP contribution in [0.25, 0.3) is 0 Å². The second-order valence-electron chi connectivity index (χ2n) is 2.72. The van der Waals surface area contributed by atoms with Gasteiger partial charge < -0.3 is 5.73 Å². The molecule has 0 fully saturated rings. The second kappa shape index (κ2) is 2.85. The fourth-order valence-corrected chi connectivity index (χ4v) is 1.16. The minimum atomic E-state index is -0.498. The van der Waals surface area contributed by atoms with Crippen molar-refractivity contribution >= 4 is 17.4 Å². The largest absolute Gasteiger partial charge is 0.364 e. The van der Waals surface area contributed by atoms with E-state index < -0.39 is 5.91 Å². The fraction of sp³-hybridized carbons (Fsp3) is 0.125. The molecule has 1 aliphatic rings. The van der Waals surface area contributed by atoms with Crippen molar-refractivity contribution in [3.05, 3.63) is 23.9 Å². The molecule has 0 atom stereocenters. The van der Waals surface area contributed by atoms with Gasteiger partial charge in [0.25, 0.3) is 5.91 Å². The topological polar surface area (TPSA) is 80.4 Å². The standard InChI is InChI=1S/C8H8N4O/c9-7(13)6-4-5-2-1-3-10-8(5)12-11-6/h1-3H,4H2,(H2,9,13)(H,10,12). The van der Waals surface area contributed by atoms with Crippen LogP contribution in [0.15, 0.2) is 23.4 Å². The van der Waals surface area contributed by atoms with Crippen LogP contribution in [0.4, 0.5) is 5.82 Å². The first kappa shape index (κ1) is 7.72. The number of nitrogens with zero attached hydrogens (tertiary/aromatic N) is 2. The van der Waals surface area contributed by atoms with Gasteiger partial charge in [0, 0.05) is 18.2 Å². The number of primary amides is 1. The predicted octanol–water partition coefficient (Wildman–Crippen LogP) is -0.109. The molecule has 0 radical (unpaired) electrons. The normalized spacial score (nSPS) is 14.0. The van der Waals surface area contributed by atoms with Gasteiger partial charge in [0.2, 0.25) is 0 Å². The first-order chi connectivity index (χ1) is 6.27. The van der Waals surface area contributed by atoms with Gasteiger partial charge >= 0.3 is 0 Å². The Morgan fingerprint density at radius 2 is 2.46 bits per heavy atom. The molecule has 3 N–H and O–H groups in total. The SMILES string of the molecule is NC(=O)C1=NNc2ncccc2C1. The van der Waals surface area contributed by atoms with E-state index in [0.29, 0.717) is 18.0 Å². The first-order valence-corrected chi connectivity index (χ1v) is 3.83. The zero-order valence-corrected chi connectivity index (χ0v) is 6.82. The maximum atomic E-state index is 10.8. The molecule has 66 valence electrons. The molecule has 1 aliphatic heterocycles. The van der Waals surface area contributed by atoms with Crippen molar-refractivity contribution in [3.63, 3.8) is 0 Å². The van der Waals surface area contributed by atoms with Gasteiger partial charge in [-0.3, -0.25) is 10.2 Å². The van der Waals surface area contributed by atoms with E-state index in [-0.39, 0.29) is 0 Å². The summed E-state index contributed by atoms with van der Waals surface area (Å²) in [5.74, 6) is 0.189. The average molecular weight is 176 g/mol. The number of nitrogens with two attached hydrogens (primary N) is 1. The molecule has 0 saturated heterocycles. The number of pyridine rings is 1. The summed E-state index contributed by atoms with van der Waals surface area (Å²) in [5, 5.41) is 3.80. The molecular weight excluding hydrogens is 168 g/mol. The number of anilines is 1. The van der Waals surface area contributed by atoms with Gasteiger partial charge in [-0.15, -0.1) is 0 Å². The molecule has 2 heterocycles. The number of carbonyl (C=O) groups is 1. The molecule has 0 spiro atoms. The van der Waals surface area contributed by atoms with Crippen LogP contribution in [-0.4, -0.2) is 16.6 Å². The van der Waals surface area contributed by atoms with Gasteiger partial charge in [0.15, 0.2) is 0 Å². The smallest absolute Gasteiger partial charge is 0.265 e. The van der Waals surface area contributed by atoms with Crippen LogP contribution in [-0.2, 0) is 11.2 Å². The number of nitrogens with one attached hydrogen (secondary N) is 1. The van der Waals surface area contributed by atoms with Gasteiger partial charge in [-0.25, -0.2) is 4.98 Å². The molecule has 1 aromatic rings. The summed E-state index contributed by atoms with van der Waals surface area (Å²) in [6.07, 6.45) is 2.11. The number of hydrazone groups is 1. The lowest BCUT2D eigenvalue weighted by Crippen LogP contribution is -2.28. The van der Waals surface area contributed by atoms with E-state index in [4.69, 9.17) is 5.73 Å². The molecular formula is C8H8N4O. The van der Waals surface area contributed by atoms with E-state index in [1.165, 1.54) is 0 Å². The van der Waals surface area contributed by atoms with E-state index in [2.05, 4.69) is 15.5 Å². The third kappa shape index (κ3) is 1.35. The Bertz CT molecular complexity index is 385. The van der Waals surface area contributed by atoms with Crippen LogP contribution < -0.4 is 11.2 Å². The Kier molecular flexibility index (Phi) is 1.70. The van der Waals surface area contributed by atoms with E-state index >= 15 is 0 Å². The van der Waals surface area contributed by atoms with Gasteiger partial charge in [-0.2, -0.15) is 5.10 Å². The van der Waals surface area contributed by atoms with Crippen molar-refractivity contribution < 1.29 is 4.79 Å². The van der Waals surface area contributed by atoms with Crippen LogP contribution in [0.3, 0.4) is 0 Å². The molecule has 0 bridgehead atoms. The lowest BCUT2D eigenvalue weighted by molar-refractivity contribution is -0.112. The Morgan fingerprint density at radius 3 is 3.23 bits per heavy atom. The molecule has 0 aliphatic carbocycles. The summed E-state index contributed by atoms with van der Waals surface area (Å²) in [7, 11) is 0. The summed E-state index contributed by atoms with van der Waals surface area (Å²) in [6, 6.07) is 3.69. The highest BCUT2D eigenvalue weighted by molar-refractivity contribution is 6.39. The highest BCUT2D eigenvalue weighted by Gasteiger charge is 2.16. The number of amides is 1. The quantitative estimate of drug-likeness (QED) is 0.626. The van der Waals surface area contributed by atoms with Crippen molar-refractivity contribution in [1.29, 1.82) is 0 Å². The van der Waals surface area contributed by atoms with Crippen molar-refractivity contribution in [3.8, 4) is 0 Å². The predicted molar refractivity (Wildman–Crippen MR) is 48.2 cm³/mol. The van der Waals surface area contributed by atoms with Gasteiger partial charge in [-0.05, 0) is 6.07 Å². The van der Waals surface area contributed by atoms with Crippen LogP contribution in [0.1, 0.15) is 5.56 Å². The molecule has 5 nitrogen and oxygen atoms in total. The third-order valence-electron chi connectivity index (χ3n) is 1.83. The number of fused-ring (bicyclic) bond motifs is 1. The Balaban J connectivity index is 2.33. The maximum Gasteiger partial charge on any atom is 0.265 e. The molecule has 0 saturated carbocycles. The van der Waals surface area contributed by atoms with Crippen LogP contribution in [0.5, 0.6) is 0 Å². The number of rotatable bonds is 1. The van der Waals surface area contributed by atoms with Crippen molar-refractivity contribution in [1.82, 2.24) is 4.98 Å². The highest BCUT2D eigenvalue weighted by Crippen LogP contribution is 2.16. The molecule has 13 heavy (non-hydrogen) atoms. The van der Waals surface area contributed by atoms with Gasteiger partial charge in [0.05, 0.1) is 0 Å². The van der Waals surface area contributed by atoms with Gasteiger partial charge in [0.1, 0.15) is 11.5 Å². The summed E-state index contributed by atoms with van der Waals surface area (Å²) in [6.45, 7) is 0. The minimum Gasteiger partial charge on any atom is -0.364 e. The monoisotopic (exact) mass is 176 g/mol. The molecule has 5 heteroatoms. The number of carbonyl (C=O) groups excluding carboxylic acids is 1. The zero-order chi connectivity index (χ0) is 9.26. The number of aromatic nitrogens is 1. The first-order valence-electron chi connectivity index (χ1n) is 3.83. The highest BCUT2D eigenvalue weighted by atomic mass is 16.1. The van der Waals surface area contributed by atoms with E-state index in [1.54, 1.807) is 6.20 Å². The Hall–Kier alpha value is -1.91. The second-order valence-corrected chi connectivity index (χ2v) is 2.72. The van der Waals surface area contributed by atoms with Crippen molar-refractivity contribution in [2.45, 2.75) is 6.42 Å². The Morgan fingerprint density at radius 1 is 1.62 bits per heavy atom. The zero-order valence-electron chi connectivity index (χ0n) is 6.82. The lowest BCUT2D eigenvalue weighted by Gasteiger charge is -2.13. The van der Waals surface area contributed by atoms with Crippen LogP contribution in [0, 0.1) is 0 Å². The summed E-state index contributed by atoms with van der Waals surface area (Å²) in [4.78, 5) is 14.8. The molecule has 1 aromatic heterocycles. The third-order valence-corrected chi connectivity index (χ3v) is 1.83. The summed E-state index contributed by atoms with van der Waals surface area (Å²) < 4.78 is 0. The Labute approximate surface area is 74.7 Å². The van der Waals surface area contributed by atoms with E-state index in [0.717, 1.165) is 5.56 Å². The van der Waals surface area contributed by atoms with Crippen molar-refractivity contribution in [2.24, 2.45) is 10.8 Å². The van der Waals surface area contributed by atoms with E-state index in [9.17, 15) is 4.79 Å². The fourth-order valence-electron chi connectivity index (χ4n) is 1.16. The minimum absolute atomic E-state index is 0.334. The van der Waals surface area contributed by atoms with Crippen molar-refractivity contribution in [2.75, 3.05) is 5.43 Å². The van der Waals surface area contributed by atoms with E-state index in [1.807, 2.05) is 12.1 Å². The molecule has 0 unspecified atom stereocenters. The van der Waals surface area contributed by atoms with Crippen LogP contribution in [0.2, 0.25) is 0 Å². The van der Waals surface area contributed by atoms with Gasteiger partial charge in [-0.1, -0.05) is 6.07 Å². The molecule has 0 aromatic carbocycles. The number of hydrogen-bond donors (Lipinski definition) is 2.